The highest BCUT2D eigenvalue weighted by Gasteiger charge is 2.13. The third kappa shape index (κ3) is 5.41. The van der Waals surface area contributed by atoms with Crippen LogP contribution in [0.25, 0.3) is 0 Å². The Balaban J connectivity index is 1.53. The van der Waals surface area contributed by atoms with Crippen LogP contribution in [0, 0.1) is 0 Å². The predicted molar refractivity (Wildman–Crippen MR) is 100 cm³/mol. The van der Waals surface area contributed by atoms with E-state index in [1.54, 1.807) is 23.3 Å². The first-order valence-electron chi connectivity index (χ1n) is 8.97. The molecule has 1 aliphatic rings. The minimum absolute atomic E-state index is 0.0716. The number of hydrogen-bond acceptors (Lipinski definition) is 7. The molecule has 3 rings (SSSR count). The minimum atomic E-state index is -0.0716. The molecule has 26 heavy (non-hydrogen) atoms. The lowest BCUT2D eigenvalue weighted by Crippen LogP contribution is -2.33. The number of nitrogens with zero attached hydrogens (tertiary/aromatic N) is 4. The first-order chi connectivity index (χ1) is 12.6. The largest absolute Gasteiger partial charge is 0.368 e. The Morgan fingerprint density at radius 1 is 1.46 bits per heavy atom. The Bertz CT molecular complexity index is 723. The van der Waals surface area contributed by atoms with Crippen LogP contribution in [0.3, 0.4) is 0 Å². The molecule has 0 saturated carbocycles. The van der Waals surface area contributed by atoms with Gasteiger partial charge in [-0.1, -0.05) is 0 Å². The van der Waals surface area contributed by atoms with E-state index in [1.165, 1.54) is 12.8 Å². The smallest absolute Gasteiger partial charge is 0.241 e. The zero-order chi connectivity index (χ0) is 18.4. The van der Waals surface area contributed by atoms with Crippen molar-refractivity contribution < 1.29 is 4.79 Å². The molecule has 140 valence electrons. The van der Waals surface area contributed by atoms with Crippen LogP contribution in [0.4, 0.5) is 17.5 Å². The fourth-order valence-corrected chi connectivity index (χ4v) is 2.83. The summed E-state index contributed by atoms with van der Waals surface area (Å²) < 4.78 is 1.58. The van der Waals surface area contributed by atoms with Crippen LogP contribution in [0.15, 0.2) is 24.7 Å². The quantitative estimate of drug-likeness (QED) is 0.560. The predicted octanol–water partition coefficient (Wildman–Crippen LogP) is 1.11. The van der Waals surface area contributed by atoms with Gasteiger partial charge in [0.05, 0.1) is 11.9 Å². The lowest BCUT2D eigenvalue weighted by molar-refractivity contribution is -0.122. The van der Waals surface area contributed by atoms with Crippen molar-refractivity contribution in [3.05, 3.63) is 24.7 Å². The number of rotatable bonds is 8. The third-order valence-electron chi connectivity index (χ3n) is 3.99. The van der Waals surface area contributed by atoms with Crippen molar-refractivity contribution in [3.63, 3.8) is 0 Å². The molecule has 0 spiro atoms. The Labute approximate surface area is 153 Å². The van der Waals surface area contributed by atoms with Crippen LogP contribution in [0.2, 0.25) is 0 Å². The van der Waals surface area contributed by atoms with E-state index in [4.69, 9.17) is 0 Å². The number of amides is 1. The maximum atomic E-state index is 11.8. The van der Waals surface area contributed by atoms with Crippen molar-refractivity contribution in [1.82, 2.24) is 30.4 Å². The molecule has 4 N–H and O–H groups in total. The summed E-state index contributed by atoms with van der Waals surface area (Å²) in [6.45, 7) is 5.96. The van der Waals surface area contributed by atoms with Crippen LogP contribution < -0.4 is 21.3 Å². The van der Waals surface area contributed by atoms with Crippen molar-refractivity contribution in [2.24, 2.45) is 0 Å². The third-order valence-corrected chi connectivity index (χ3v) is 3.99. The van der Waals surface area contributed by atoms with Crippen molar-refractivity contribution in [2.45, 2.75) is 45.3 Å². The second-order valence-corrected chi connectivity index (χ2v) is 6.71. The molecule has 3 heterocycles. The van der Waals surface area contributed by atoms with E-state index in [2.05, 4.69) is 36.3 Å². The highest BCUT2D eigenvalue weighted by Crippen LogP contribution is 2.14. The van der Waals surface area contributed by atoms with Gasteiger partial charge in [-0.2, -0.15) is 10.1 Å². The normalized spacial score (nSPS) is 16.7. The summed E-state index contributed by atoms with van der Waals surface area (Å²) in [6.07, 6.45) is 7.52. The first kappa shape index (κ1) is 18.1. The summed E-state index contributed by atoms with van der Waals surface area (Å²) in [5, 5.41) is 16.9. The van der Waals surface area contributed by atoms with Gasteiger partial charge in [-0.25, -0.2) is 4.98 Å². The molecule has 0 aromatic carbocycles. The van der Waals surface area contributed by atoms with Crippen LogP contribution in [0.5, 0.6) is 0 Å². The maximum absolute atomic E-state index is 11.8. The van der Waals surface area contributed by atoms with Crippen LogP contribution in [0.1, 0.15) is 26.7 Å². The highest BCUT2D eigenvalue weighted by molar-refractivity contribution is 5.76. The van der Waals surface area contributed by atoms with Gasteiger partial charge in [-0.05, 0) is 39.3 Å². The summed E-state index contributed by atoms with van der Waals surface area (Å²) in [5.41, 5.74) is 0.733. The Hall–Kier alpha value is -2.68. The molecule has 1 aliphatic heterocycles. The van der Waals surface area contributed by atoms with Crippen LogP contribution in [-0.4, -0.2) is 50.8 Å². The van der Waals surface area contributed by atoms with Crippen molar-refractivity contribution in [1.29, 1.82) is 0 Å². The van der Waals surface area contributed by atoms with E-state index in [1.807, 2.05) is 19.9 Å². The van der Waals surface area contributed by atoms with Gasteiger partial charge in [0.2, 0.25) is 11.9 Å². The zero-order valence-corrected chi connectivity index (χ0v) is 15.2. The van der Waals surface area contributed by atoms with Gasteiger partial charge < -0.3 is 21.3 Å². The summed E-state index contributed by atoms with van der Waals surface area (Å²) in [5.74, 6) is 1.19. The molecule has 0 bridgehead atoms. The van der Waals surface area contributed by atoms with Crippen LogP contribution in [-0.2, 0) is 11.3 Å². The molecule has 9 heteroatoms. The summed E-state index contributed by atoms with van der Waals surface area (Å²) in [6, 6.07) is 2.45. The van der Waals surface area contributed by atoms with E-state index in [9.17, 15) is 4.79 Å². The number of carbonyl (C=O) groups is 1. The van der Waals surface area contributed by atoms with E-state index in [-0.39, 0.29) is 18.5 Å². The van der Waals surface area contributed by atoms with Gasteiger partial charge >= 0.3 is 0 Å². The topological polar surface area (TPSA) is 109 Å². The van der Waals surface area contributed by atoms with E-state index in [0.29, 0.717) is 12.0 Å². The Morgan fingerprint density at radius 3 is 3.12 bits per heavy atom. The molecule has 0 aliphatic carbocycles. The molecular formula is C17H26N8O. The monoisotopic (exact) mass is 358 g/mol. The van der Waals surface area contributed by atoms with Gasteiger partial charge in [0.25, 0.3) is 0 Å². The van der Waals surface area contributed by atoms with Crippen molar-refractivity contribution in [2.75, 3.05) is 23.7 Å². The SMILES string of the molecule is CC(C)NC(=O)Cn1cc(Nc2nccc(NC[C@H]3CCCN3)n2)cn1. The second-order valence-electron chi connectivity index (χ2n) is 6.71. The molecule has 1 amide bonds. The standard InChI is InChI=1S/C17H26N8O/c1-12(2)22-16(26)11-25-10-14(9-21-25)23-17-19-7-5-15(24-17)20-8-13-4-3-6-18-13/h5,7,9-10,12-13,18H,3-4,6,8,11H2,1-2H3,(H,22,26)(H2,19,20,23,24)/t13-/m1/s1. The van der Waals surface area contributed by atoms with E-state index < -0.39 is 0 Å². The molecule has 1 atom stereocenters. The molecule has 9 nitrogen and oxygen atoms in total. The number of nitrogens with one attached hydrogen (secondary N) is 4. The van der Waals surface area contributed by atoms with Gasteiger partial charge in [-0.3, -0.25) is 9.48 Å². The van der Waals surface area contributed by atoms with Crippen molar-refractivity contribution in [3.8, 4) is 0 Å². The van der Waals surface area contributed by atoms with Gasteiger partial charge in [0, 0.05) is 31.0 Å². The van der Waals surface area contributed by atoms with Gasteiger partial charge in [-0.15, -0.1) is 0 Å². The fourth-order valence-electron chi connectivity index (χ4n) is 2.83. The van der Waals surface area contributed by atoms with Crippen LogP contribution >= 0.6 is 0 Å². The second kappa shape index (κ2) is 8.61. The maximum Gasteiger partial charge on any atom is 0.241 e. The molecule has 2 aromatic rings. The zero-order valence-electron chi connectivity index (χ0n) is 15.2. The van der Waals surface area contributed by atoms with Gasteiger partial charge in [0.15, 0.2) is 0 Å². The number of carbonyl (C=O) groups excluding carboxylic acids is 1. The number of anilines is 3. The van der Waals surface area contributed by atoms with Gasteiger partial charge in [0.1, 0.15) is 12.4 Å². The molecule has 1 saturated heterocycles. The highest BCUT2D eigenvalue weighted by atomic mass is 16.2. The molecule has 2 aromatic heterocycles. The van der Waals surface area contributed by atoms with E-state index in [0.717, 1.165) is 24.6 Å². The Kier molecular flexibility index (Phi) is 6.00. The fraction of sp³-hybridized carbons (Fsp3) is 0.529. The molecule has 0 radical (unpaired) electrons. The average molecular weight is 358 g/mol. The molecular weight excluding hydrogens is 332 g/mol. The molecule has 1 fully saturated rings. The first-order valence-corrected chi connectivity index (χ1v) is 8.97. The lowest BCUT2D eigenvalue weighted by Gasteiger charge is -2.12. The summed E-state index contributed by atoms with van der Waals surface area (Å²) in [7, 11) is 0. The molecule has 0 unspecified atom stereocenters. The number of hydrogen-bond donors (Lipinski definition) is 4. The minimum Gasteiger partial charge on any atom is -0.368 e. The number of aromatic nitrogens is 4. The summed E-state index contributed by atoms with van der Waals surface area (Å²) in [4.78, 5) is 20.5. The van der Waals surface area contributed by atoms with E-state index >= 15 is 0 Å². The summed E-state index contributed by atoms with van der Waals surface area (Å²) >= 11 is 0. The Morgan fingerprint density at radius 2 is 2.35 bits per heavy atom. The average Bonchev–Trinajstić information content (AvgIpc) is 3.24. The lowest BCUT2D eigenvalue weighted by atomic mass is 10.2. The van der Waals surface area contributed by atoms with Crippen molar-refractivity contribution >= 4 is 23.4 Å².